The summed E-state index contributed by atoms with van der Waals surface area (Å²) < 4.78 is 5.91. The molecule has 0 saturated carbocycles. The van der Waals surface area contributed by atoms with E-state index in [1.807, 2.05) is 25.2 Å². The van der Waals surface area contributed by atoms with E-state index in [0.717, 1.165) is 22.8 Å². The smallest absolute Gasteiger partial charge is 0.124 e. The van der Waals surface area contributed by atoms with Crippen LogP contribution < -0.4 is 10.1 Å². The van der Waals surface area contributed by atoms with Gasteiger partial charge in [-0.3, -0.25) is 0 Å². The molecule has 0 fully saturated rings. The number of rotatable bonds is 1. The van der Waals surface area contributed by atoms with Gasteiger partial charge in [-0.15, -0.1) is 0 Å². The zero-order valence-corrected chi connectivity index (χ0v) is 10.1. The van der Waals surface area contributed by atoms with Crippen molar-refractivity contribution in [3.05, 3.63) is 28.8 Å². The summed E-state index contributed by atoms with van der Waals surface area (Å²) in [5, 5.41) is 4.07. The van der Waals surface area contributed by atoms with Crippen LogP contribution >= 0.6 is 11.6 Å². The summed E-state index contributed by atoms with van der Waals surface area (Å²) in [4.78, 5) is 0. The minimum absolute atomic E-state index is 0.117. The summed E-state index contributed by atoms with van der Waals surface area (Å²) in [7, 11) is 1.97. The van der Waals surface area contributed by atoms with Crippen molar-refractivity contribution in [2.24, 2.45) is 0 Å². The lowest BCUT2D eigenvalue weighted by Crippen LogP contribution is -2.38. The predicted octanol–water partition coefficient (Wildman–Crippen LogP) is 3.16. The standard InChI is InChI=1S/C12H16ClNO/c1-12(2)7-10(14-3)9-6-8(13)4-5-11(9)15-12/h4-6,10,14H,7H2,1-3H3. The second-order valence-electron chi connectivity index (χ2n) is 4.59. The predicted molar refractivity (Wildman–Crippen MR) is 62.6 cm³/mol. The highest BCUT2D eigenvalue weighted by molar-refractivity contribution is 6.30. The highest BCUT2D eigenvalue weighted by atomic mass is 35.5. The molecule has 0 aromatic heterocycles. The molecule has 1 aromatic rings. The zero-order valence-electron chi connectivity index (χ0n) is 9.30. The van der Waals surface area contributed by atoms with Crippen LogP contribution in [0.2, 0.25) is 5.02 Å². The lowest BCUT2D eigenvalue weighted by Gasteiger charge is -2.37. The normalized spacial score (nSPS) is 23.1. The summed E-state index contributed by atoms with van der Waals surface area (Å²) in [5.41, 5.74) is 1.04. The van der Waals surface area contributed by atoms with Gasteiger partial charge in [-0.1, -0.05) is 11.6 Å². The van der Waals surface area contributed by atoms with Gasteiger partial charge in [0.2, 0.25) is 0 Å². The molecule has 0 amide bonds. The zero-order chi connectivity index (χ0) is 11.1. The molecule has 1 heterocycles. The van der Waals surface area contributed by atoms with Crippen molar-refractivity contribution in [1.82, 2.24) is 5.32 Å². The number of benzene rings is 1. The molecule has 0 saturated heterocycles. The molecule has 0 aliphatic carbocycles. The van der Waals surface area contributed by atoms with Crippen LogP contribution in [0.5, 0.6) is 5.75 Å². The summed E-state index contributed by atoms with van der Waals surface area (Å²) in [6, 6.07) is 6.12. The van der Waals surface area contributed by atoms with Crippen molar-refractivity contribution >= 4 is 11.6 Å². The second kappa shape index (κ2) is 3.69. The fraction of sp³-hybridized carbons (Fsp3) is 0.500. The van der Waals surface area contributed by atoms with E-state index in [1.54, 1.807) is 0 Å². The first-order valence-electron chi connectivity index (χ1n) is 5.17. The highest BCUT2D eigenvalue weighted by Gasteiger charge is 2.32. The Labute approximate surface area is 95.6 Å². The number of hydrogen-bond acceptors (Lipinski definition) is 2. The maximum atomic E-state index is 5.99. The largest absolute Gasteiger partial charge is 0.487 e. The number of ether oxygens (including phenoxy) is 1. The van der Waals surface area contributed by atoms with Gasteiger partial charge in [0, 0.05) is 23.0 Å². The Hall–Kier alpha value is -0.730. The molecule has 0 bridgehead atoms. The van der Waals surface area contributed by atoms with Gasteiger partial charge in [0.1, 0.15) is 11.4 Å². The van der Waals surface area contributed by atoms with E-state index in [4.69, 9.17) is 16.3 Å². The van der Waals surface area contributed by atoms with E-state index in [9.17, 15) is 0 Å². The number of hydrogen-bond donors (Lipinski definition) is 1. The average Bonchev–Trinajstić information content (AvgIpc) is 2.16. The summed E-state index contributed by atoms with van der Waals surface area (Å²) in [6.45, 7) is 4.21. The summed E-state index contributed by atoms with van der Waals surface area (Å²) in [5.74, 6) is 0.940. The first kappa shape index (κ1) is 10.8. The van der Waals surface area contributed by atoms with Crippen molar-refractivity contribution in [2.75, 3.05) is 7.05 Å². The van der Waals surface area contributed by atoms with Gasteiger partial charge in [-0.25, -0.2) is 0 Å². The van der Waals surface area contributed by atoms with Crippen molar-refractivity contribution < 1.29 is 4.74 Å². The van der Waals surface area contributed by atoms with E-state index in [1.165, 1.54) is 0 Å². The van der Waals surface area contributed by atoms with E-state index in [-0.39, 0.29) is 5.60 Å². The Morgan fingerprint density at radius 1 is 1.47 bits per heavy atom. The van der Waals surface area contributed by atoms with E-state index in [2.05, 4.69) is 19.2 Å². The van der Waals surface area contributed by atoms with Crippen LogP contribution in [0.1, 0.15) is 31.9 Å². The monoisotopic (exact) mass is 225 g/mol. The topological polar surface area (TPSA) is 21.3 Å². The number of halogens is 1. The van der Waals surface area contributed by atoms with Gasteiger partial charge in [0.15, 0.2) is 0 Å². The minimum Gasteiger partial charge on any atom is -0.487 e. The SMILES string of the molecule is CNC1CC(C)(C)Oc2ccc(Cl)cc21. The maximum absolute atomic E-state index is 5.99. The molecule has 1 aromatic carbocycles. The van der Waals surface area contributed by atoms with E-state index < -0.39 is 0 Å². The van der Waals surface area contributed by atoms with Gasteiger partial charge in [-0.2, -0.15) is 0 Å². The molecule has 1 unspecified atom stereocenters. The molecule has 2 nitrogen and oxygen atoms in total. The molecular formula is C12H16ClNO. The first-order valence-corrected chi connectivity index (χ1v) is 5.55. The van der Waals surface area contributed by atoms with Crippen molar-refractivity contribution in [3.8, 4) is 5.75 Å². The Balaban J connectivity index is 2.44. The molecular weight excluding hydrogens is 210 g/mol. The lowest BCUT2D eigenvalue weighted by atomic mass is 9.90. The fourth-order valence-corrected chi connectivity index (χ4v) is 2.26. The quantitative estimate of drug-likeness (QED) is 0.793. The Morgan fingerprint density at radius 3 is 2.87 bits per heavy atom. The summed E-state index contributed by atoms with van der Waals surface area (Å²) in [6.07, 6.45) is 0.955. The minimum atomic E-state index is -0.117. The average molecular weight is 226 g/mol. The van der Waals surface area contributed by atoms with Crippen molar-refractivity contribution in [1.29, 1.82) is 0 Å². The third-order valence-corrected chi connectivity index (χ3v) is 3.01. The van der Waals surface area contributed by atoms with Crippen LogP contribution in [0.3, 0.4) is 0 Å². The van der Waals surface area contributed by atoms with Crippen LogP contribution in [0.4, 0.5) is 0 Å². The number of fused-ring (bicyclic) bond motifs is 1. The Kier molecular flexibility index (Phi) is 2.65. The van der Waals surface area contributed by atoms with Crippen LogP contribution in [0, 0.1) is 0 Å². The Bertz CT molecular complexity index is 376. The molecule has 3 heteroatoms. The molecule has 1 atom stereocenters. The van der Waals surface area contributed by atoms with Crippen LogP contribution in [0.25, 0.3) is 0 Å². The van der Waals surface area contributed by atoms with Gasteiger partial charge in [-0.05, 0) is 39.1 Å². The highest BCUT2D eigenvalue weighted by Crippen LogP contribution is 2.40. The first-order chi connectivity index (χ1) is 7.02. The van der Waals surface area contributed by atoms with E-state index >= 15 is 0 Å². The molecule has 0 spiro atoms. The van der Waals surface area contributed by atoms with Crippen molar-refractivity contribution in [3.63, 3.8) is 0 Å². The third-order valence-electron chi connectivity index (χ3n) is 2.78. The molecule has 2 rings (SSSR count). The van der Waals surface area contributed by atoms with Crippen LogP contribution in [0.15, 0.2) is 18.2 Å². The van der Waals surface area contributed by atoms with Gasteiger partial charge < -0.3 is 10.1 Å². The van der Waals surface area contributed by atoms with Crippen molar-refractivity contribution in [2.45, 2.75) is 31.9 Å². The fourth-order valence-electron chi connectivity index (χ4n) is 2.08. The molecule has 82 valence electrons. The van der Waals surface area contributed by atoms with Gasteiger partial charge >= 0.3 is 0 Å². The lowest BCUT2D eigenvalue weighted by molar-refractivity contribution is 0.0675. The molecule has 1 aliphatic heterocycles. The molecule has 1 aliphatic rings. The van der Waals surface area contributed by atoms with E-state index in [0.29, 0.717) is 6.04 Å². The van der Waals surface area contributed by atoms with Crippen LogP contribution in [-0.4, -0.2) is 12.6 Å². The Morgan fingerprint density at radius 2 is 2.20 bits per heavy atom. The van der Waals surface area contributed by atoms with Gasteiger partial charge in [0.05, 0.1) is 0 Å². The molecule has 15 heavy (non-hydrogen) atoms. The second-order valence-corrected chi connectivity index (χ2v) is 5.03. The molecule has 1 N–H and O–H groups in total. The number of nitrogens with one attached hydrogen (secondary N) is 1. The third kappa shape index (κ3) is 2.11. The van der Waals surface area contributed by atoms with Gasteiger partial charge in [0.25, 0.3) is 0 Å². The molecule has 0 radical (unpaired) electrons. The maximum Gasteiger partial charge on any atom is 0.124 e. The van der Waals surface area contributed by atoms with Crippen LogP contribution in [-0.2, 0) is 0 Å². The summed E-state index contributed by atoms with van der Waals surface area (Å²) >= 11 is 5.99.